The third-order valence-corrected chi connectivity index (χ3v) is 4.13. The Bertz CT molecular complexity index is 555. The molecular formula is C16H20FN3. The smallest absolute Gasteiger partial charge is 0.123 e. The lowest BCUT2D eigenvalue weighted by atomic mass is 10.0. The van der Waals surface area contributed by atoms with Gasteiger partial charge in [-0.1, -0.05) is 18.6 Å². The van der Waals surface area contributed by atoms with Gasteiger partial charge in [0.2, 0.25) is 0 Å². The quantitative estimate of drug-likeness (QED) is 0.928. The molecule has 1 saturated heterocycles. The van der Waals surface area contributed by atoms with Crippen LogP contribution in [0.2, 0.25) is 0 Å². The highest BCUT2D eigenvalue weighted by atomic mass is 19.1. The second-order valence-electron chi connectivity index (χ2n) is 5.46. The Morgan fingerprint density at radius 2 is 2.10 bits per heavy atom. The number of aromatic nitrogens is 2. The zero-order chi connectivity index (χ0) is 13.9. The molecule has 0 aliphatic carbocycles. The standard InChI is InChI=1S/C16H20FN3/c1-12(13-5-7-14(17)8-6-13)20-11-18-10-16(20)15-4-2-3-9-19-15/h5-8,10-12,15,19H,2-4,9H2,1H3. The van der Waals surface area contributed by atoms with Crippen LogP contribution in [-0.2, 0) is 0 Å². The predicted molar refractivity (Wildman–Crippen MR) is 77.0 cm³/mol. The largest absolute Gasteiger partial charge is 0.326 e. The zero-order valence-electron chi connectivity index (χ0n) is 11.7. The van der Waals surface area contributed by atoms with Crippen molar-refractivity contribution < 1.29 is 4.39 Å². The van der Waals surface area contributed by atoms with E-state index in [0.29, 0.717) is 6.04 Å². The van der Waals surface area contributed by atoms with Crippen molar-refractivity contribution in [1.29, 1.82) is 0 Å². The van der Waals surface area contributed by atoms with E-state index in [0.717, 1.165) is 18.5 Å². The molecule has 1 aromatic carbocycles. The summed E-state index contributed by atoms with van der Waals surface area (Å²) < 4.78 is 15.2. The highest BCUT2D eigenvalue weighted by Gasteiger charge is 2.21. The first-order valence-electron chi connectivity index (χ1n) is 7.26. The number of benzene rings is 1. The van der Waals surface area contributed by atoms with Crippen LogP contribution in [0.25, 0.3) is 0 Å². The van der Waals surface area contributed by atoms with Crippen molar-refractivity contribution >= 4 is 0 Å². The fourth-order valence-corrected chi connectivity index (χ4v) is 2.91. The van der Waals surface area contributed by atoms with Crippen LogP contribution in [0.4, 0.5) is 4.39 Å². The van der Waals surface area contributed by atoms with Gasteiger partial charge < -0.3 is 9.88 Å². The van der Waals surface area contributed by atoms with Gasteiger partial charge in [-0.3, -0.25) is 0 Å². The van der Waals surface area contributed by atoms with Crippen LogP contribution in [0, 0.1) is 5.82 Å². The SMILES string of the molecule is CC(c1ccc(F)cc1)n1cncc1C1CCCCN1. The lowest BCUT2D eigenvalue weighted by molar-refractivity contribution is 0.389. The van der Waals surface area contributed by atoms with Gasteiger partial charge in [0.05, 0.1) is 18.1 Å². The number of piperidine rings is 1. The lowest BCUT2D eigenvalue weighted by Crippen LogP contribution is -2.29. The highest BCUT2D eigenvalue weighted by molar-refractivity contribution is 5.22. The molecule has 2 heterocycles. The van der Waals surface area contributed by atoms with Gasteiger partial charge in [-0.15, -0.1) is 0 Å². The fourth-order valence-electron chi connectivity index (χ4n) is 2.91. The average Bonchev–Trinajstić information content (AvgIpc) is 2.97. The van der Waals surface area contributed by atoms with E-state index in [2.05, 4.69) is 21.8 Å². The summed E-state index contributed by atoms with van der Waals surface area (Å²) in [5.41, 5.74) is 2.32. The van der Waals surface area contributed by atoms with E-state index in [-0.39, 0.29) is 11.9 Å². The summed E-state index contributed by atoms with van der Waals surface area (Å²) in [4.78, 5) is 4.31. The number of halogens is 1. The van der Waals surface area contributed by atoms with Gasteiger partial charge in [0, 0.05) is 12.2 Å². The summed E-state index contributed by atoms with van der Waals surface area (Å²) in [5, 5.41) is 3.56. The summed E-state index contributed by atoms with van der Waals surface area (Å²) in [6.45, 7) is 3.20. The van der Waals surface area contributed by atoms with Crippen molar-refractivity contribution in [1.82, 2.24) is 14.9 Å². The monoisotopic (exact) mass is 273 g/mol. The number of rotatable bonds is 3. The van der Waals surface area contributed by atoms with Gasteiger partial charge in [0.25, 0.3) is 0 Å². The lowest BCUT2D eigenvalue weighted by Gasteiger charge is -2.26. The van der Waals surface area contributed by atoms with Crippen LogP contribution < -0.4 is 5.32 Å². The molecule has 20 heavy (non-hydrogen) atoms. The number of hydrogen-bond donors (Lipinski definition) is 1. The van der Waals surface area contributed by atoms with Crippen molar-refractivity contribution in [3.05, 3.63) is 53.9 Å². The van der Waals surface area contributed by atoms with Crippen molar-refractivity contribution in [2.75, 3.05) is 6.54 Å². The molecule has 0 radical (unpaired) electrons. The molecule has 2 unspecified atom stereocenters. The summed E-state index contributed by atoms with van der Waals surface area (Å²) >= 11 is 0. The second kappa shape index (κ2) is 5.75. The fraction of sp³-hybridized carbons (Fsp3) is 0.438. The molecule has 1 aromatic heterocycles. The normalized spacial score (nSPS) is 20.8. The van der Waals surface area contributed by atoms with Gasteiger partial charge in [0.15, 0.2) is 0 Å². The molecule has 0 spiro atoms. The molecule has 106 valence electrons. The summed E-state index contributed by atoms with van der Waals surface area (Å²) in [5.74, 6) is -0.194. The van der Waals surface area contributed by atoms with Gasteiger partial charge >= 0.3 is 0 Å². The minimum atomic E-state index is -0.194. The summed E-state index contributed by atoms with van der Waals surface area (Å²) in [6, 6.07) is 7.27. The van der Waals surface area contributed by atoms with Crippen molar-refractivity contribution in [2.45, 2.75) is 38.3 Å². The number of nitrogens with one attached hydrogen (secondary N) is 1. The number of imidazole rings is 1. The van der Waals surface area contributed by atoms with Gasteiger partial charge in [-0.2, -0.15) is 0 Å². The Kier molecular flexibility index (Phi) is 3.83. The van der Waals surface area contributed by atoms with Crippen LogP contribution in [0.5, 0.6) is 0 Å². The Balaban J connectivity index is 1.86. The minimum absolute atomic E-state index is 0.164. The molecule has 3 nitrogen and oxygen atoms in total. The first kappa shape index (κ1) is 13.3. The van der Waals surface area contributed by atoms with Crippen LogP contribution in [0.1, 0.15) is 49.5 Å². The Hall–Kier alpha value is -1.68. The summed E-state index contributed by atoms with van der Waals surface area (Å²) in [6.07, 6.45) is 7.48. The Labute approximate surface area is 118 Å². The van der Waals surface area contributed by atoms with Gasteiger partial charge in [-0.05, 0) is 44.0 Å². The maximum Gasteiger partial charge on any atom is 0.123 e. The van der Waals surface area contributed by atoms with Crippen molar-refractivity contribution in [2.24, 2.45) is 0 Å². The van der Waals surface area contributed by atoms with Crippen molar-refractivity contribution in [3.63, 3.8) is 0 Å². The molecule has 2 aromatic rings. The zero-order valence-corrected chi connectivity index (χ0v) is 11.7. The Morgan fingerprint density at radius 1 is 1.30 bits per heavy atom. The second-order valence-corrected chi connectivity index (χ2v) is 5.46. The molecule has 4 heteroatoms. The van der Waals surface area contributed by atoms with Crippen LogP contribution in [0.15, 0.2) is 36.8 Å². The van der Waals surface area contributed by atoms with E-state index in [4.69, 9.17) is 0 Å². The number of hydrogen-bond acceptors (Lipinski definition) is 2. The molecule has 3 rings (SSSR count). The molecule has 1 N–H and O–H groups in total. The molecule has 1 aliphatic rings. The predicted octanol–water partition coefficient (Wildman–Crippen LogP) is 3.45. The van der Waals surface area contributed by atoms with Crippen LogP contribution >= 0.6 is 0 Å². The van der Waals surface area contributed by atoms with E-state index in [1.54, 1.807) is 0 Å². The van der Waals surface area contributed by atoms with E-state index >= 15 is 0 Å². The third-order valence-electron chi connectivity index (χ3n) is 4.13. The molecule has 1 fully saturated rings. The van der Waals surface area contributed by atoms with Crippen LogP contribution in [0.3, 0.4) is 0 Å². The number of nitrogens with zero attached hydrogens (tertiary/aromatic N) is 2. The maximum atomic E-state index is 13.0. The highest BCUT2D eigenvalue weighted by Crippen LogP contribution is 2.27. The summed E-state index contributed by atoms with van der Waals surface area (Å²) in [7, 11) is 0. The third kappa shape index (κ3) is 2.61. The Morgan fingerprint density at radius 3 is 2.80 bits per heavy atom. The molecule has 0 saturated carbocycles. The molecule has 2 atom stereocenters. The van der Waals surface area contributed by atoms with Crippen LogP contribution in [-0.4, -0.2) is 16.1 Å². The minimum Gasteiger partial charge on any atom is -0.326 e. The first-order chi connectivity index (χ1) is 9.75. The van der Waals surface area contributed by atoms with Gasteiger partial charge in [0.1, 0.15) is 5.82 Å². The first-order valence-corrected chi connectivity index (χ1v) is 7.26. The maximum absolute atomic E-state index is 13.0. The average molecular weight is 273 g/mol. The molecule has 0 amide bonds. The van der Waals surface area contributed by atoms with E-state index in [1.807, 2.05) is 24.7 Å². The van der Waals surface area contributed by atoms with Gasteiger partial charge in [-0.25, -0.2) is 9.37 Å². The molecular weight excluding hydrogens is 253 g/mol. The molecule has 0 bridgehead atoms. The topological polar surface area (TPSA) is 29.9 Å². The van der Waals surface area contributed by atoms with E-state index in [9.17, 15) is 4.39 Å². The van der Waals surface area contributed by atoms with Crippen molar-refractivity contribution in [3.8, 4) is 0 Å². The molecule has 1 aliphatic heterocycles. The van der Waals surface area contributed by atoms with E-state index < -0.39 is 0 Å². The van der Waals surface area contributed by atoms with E-state index in [1.165, 1.54) is 30.7 Å².